The van der Waals surface area contributed by atoms with Crippen molar-refractivity contribution in [3.05, 3.63) is 70.8 Å². The van der Waals surface area contributed by atoms with Crippen molar-refractivity contribution in [2.75, 3.05) is 33.9 Å². The number of nitrogens with zero attached hydrogens (tertiary/aromatic N) is 3. The van der Waals surface area contributed by atoms with Gasteiger partial charge in [-0.2, -0.15) is 13.2 Å². The summed E-state index contributed by atoms with van der Waals surface area (Å²) in [5.74, 6) is -0.692. The zero-order chi connectivity index (χ0) is 36.8. The molecule has 12 heteroatoms. The number of carbonyl (C=O) groups is 1. The molecule has 0 aromatic heterocycles. The van der Waals surface area contributed by atoms with Crippen molar-refractivity contribution in [3.63, 3.8) is 0 Å². The molecule has 0 radical (unpaired) electrons. The number of alkyl halides is 3. The molecular weight excluding hydrogens is 666 g/mol. The van der Waals surface area contributed by atoms with E-state index >= 15 is 0 Å². The molecule has 3 rings (SSSR count). The molecule has 1 aliphatic heterocycles. The van der Waals surface area contributed by atoms with E-state index in [9.17, 15) is 18.0 Å². The highest BCUT2D eigenvalue weighted by atomic mass is 19.4. The molecule has 0 N–H and O–H groups in total. The molecule has 1 fully saturated rings. The zero-order valence-corrected chi connectivity index (χ0v) is 31.3. The molecule has 0 spiro atoms. The van der Waals surface area contributed by atoms with Crippen molar-refractivity contribution in [2.45, 2.75) is 123 Å². The summed E-state index contributed by atoms with van der Waals surface area (Å²) < 4.78 is 49.0. The van der Waals surface area contributed by atoms with E-state index in [1.165, 1.54) is 110 Å². The summed E-state index contributed by atoms with van der Waals surface area (Å²) in [6.07, 6.45) is 12.1. The van der Waals surface area contributed by atoms with Gasteiger partial charge in [0.25, 0.3) is 0 Å². The van der Waals surface area contributed by atoms with Gasteiger partial charge in [0, 0.05) is 24.2 Å². The molecule has 0 amide bonds. The molecule has 2 aromatic carbocycles. The Bertz CT molecular complexity index is 1310. The van der Waals surface area contributed by atoms with Crippen molar-refractivity contribution in [1.82, 2.24) is 4.90 Å². The number of carbonyl (C=O) groups excluding carboxylic acids is 1. The third-order valence-corrected chi connectivity index (χ3v) is 8.44. The second kappa shape index (κ2) is 25.4. The zero-order valence-electron chi connectivity index (χ0n) is 31.3. The summed E-state index contributed by atoms with van der Waals surface area (Å²) in [6.45, 7) is 11.7. The third kappa shape index (κ3) is 18.0. The fourth-order valence-electron chi connectivity index (χ4n) is 5.90. The van der Waals surface area contributed by atoms with Gasteiger partial charge in [-0.05, 0) is 51.4 Å². The van der Waals surface area contributed by atoms with Gasteiger partial charge in [0.15, 0.2) is 5.71 Å². The van der Waals surface area contributed by atoms with Crippen LogP contribution in [0.15, 0.2) is 58.8 Å². The standard InChI is InChI=1S/C20H19F3N2O4.C19H39NO.FH/c1-13(14-8-6-9-16(11-14)20(21,22)23)24-29-12-15-7-4-5-10-17(15)18(25-28-3)19(26)27-2;1-4-5-6-7-8-9-10-11-12-13-14-15-20-16-18(2)21-19(3)17-20;/h4-11H,12H2,1-3H3;18-19H,4-17H2,1-3H3;1H/b24-13+,25-18+;;. The second-order valence-corrected chi connectivity index (χ2v) is 12.9. The Kier molecular flexibility index (Phi) is 22.7. The van der Waals surface area contributed by atoms with Gasteiger partial charge in [0.1, 0.15) is 13.7 Å². The van der Waals surface area contributed by atoms with Crippen LogP contribution in [0.2, 0.25) is 0 Å². The molecule has 0 aliphatic carbocycles. The second-order valence-electron chi connectivity index (χ2n) is 12.9. The maximum absolute atomic E-state index is 12.9. The van der Waals surface area contributed by atoms with Gasteiger partial charge in [-0.25, -0.2) is 4.79 Å². The number of benzene rings is 2. The lowest BCUT2D eigenvalue weighted by molar-refractivity contribution is -0.137. The fraction of sp³-hybridized carbons (Fsp3) is 0.615. The van der Waals surface area contributed by atoms with E-state index in [0.717, 1.165) is 25.2 Å². The predicted molar refractivity (Wildman–Crippen MR) is 196 cm³/mol. The first-order valence-corrected chi connectivity index (χ1v) is 18.0. The highest BCUT2D eigenvalue weighted by Crippen LogP contribution is 2.29. The van der Waals surface area contributed by atoms with Crippen LogP contribution in [0.5, 0.6) is 0 Å². The van der Waals surface area contributed by atoms with Crippen molar-refractivity contribution in [1.29, 1.82) is 0 Å². The predicted octanol–water partition coefficient (Wildman–Crippen LogP) is 9.73. The molecule has 0 bridgehead atoms. The van der Waals surface area contributed by atoms with E-state index < -0.39 is 17.7 Å². The van der Waals surface area contributed by atoms with Crippen molar-refractivity contribution in [2.24, 2.45) is 10.3 Å². The van der Waals surface area contributed by atoms with Gasteiger partial charge in [-0.1, -0.05) is 118 Å². The highest BCUT2D eigenvalue weighted by molar-refractivity contribution is 6.43. The molecule has 1 aliphatic rings. The molecule has 0 saturated carbocycles. The topological polar surface area (TPSA) is 82.0 Å². The molecule has 2 unspecified atom stereocenters. The Morgan fingerprint density at radius 1 is 0.863 bits per heavy atom. The minimum absolute atomic E-state index is 0. The average Bonchev–Trinajstić information content (AvgIpc) is 3.09. The quantitative estimate of drug-likeness (QED) is 0.0472. The average molecular weight is 726 g/mol. The van der Waals surface area contributed by atoms with E-state index in [0.29, 0.717) is 23.3 Å². The van der Waals surface area contributed by atoms with Crippen LogP contribution in [0.1, 0.15) is 121 Å². The molecule has 51 heavy (non-hydrogen) atoms. The van der Waals surface area contributed by atoms with Gasteiger partial charge in [0.05, 0.1) is 30.6 Å². The number of unbranched alkanes of at least 4 members (excludes halogenated alkanes) is 10. The van der Waals surface area contributed by atoms with Crippen LogP contribution in [0.4, 0.5) is 17.9 Å². The summed E-state index contributed by atoms with van der Waals surface area (Å²) in [5.41, 5.74) is 0.722. The van der Waals surface area contributed by atoms with Crippen LogP contribution in [-0.2, 0) is 36.7 Å². The van der Waals surface area contributed by atoms with Crippen LogP contribution in [0.3, 0.4) is 0 Å². The van der Waals surface area contributed by atoms with Crippen molar-refractivity contribution >= 4 is 17.4 Å². The molecule has 8 nitrogen and oxygen atoms in total. The highest BCUT2D eigenvalue weighted by Gasteiger charge is 2.30. The van der Waals surface area contributed by atoms with Gasteiger partial charge in [-0.15, -0.1) is 0 Å². The lowest BCUT2D eigenvalue weighted by Crippen LogP contribution is -2.45. The molecule has 1 heterocycles. The smallest absolute Gasteiger partial charge is 0.416 e. The molecule has 2 atom stereocenters. The number of oxime groups is 2. The van der Waals surface area contributed by atoms with Gasteiger partial charge >= 0.3 is 12.1 Å². The maximum atomic E-state index is 12.9. The Morgan fingerprint density at radius 3 is 2.02 bits per heavy atom. The Hall–Kier alpha value is -3.51. The normalized spacial score (nSPS) is 16.8. The van der Waals surface area contributed by atoms with Crippen LogP contribution in [0, 0.1) is 0 Å². The van der Waals surface area contributed by atoms with Gasteiger partial charge in [0.2, 0.25) is 0 Å². The number of esters is 1. The first-order valence-electron chi connectivity index (χ1n) is 18.0. The monoisotopic (exact) mass is 725 g/mol. The Balaban J connectivity index is 0.000000526. The van der Waals surface area contributed by atoms with E-state index in [1.54, 1.807) is 24.3 Å². The lowest BCUT2D eigenvalue weighted by atomic mass is 10.0. The van der Waals surface area contributed by atoms with Gasteiger partial charge < -0.3 is 19.1 Å². The molecule has 1 saturated heterocycles. The van der Waals surface area contributed by atoms with E-state index in [4.69, 9.17) is 19.1 Å². The molecule has 2 aromatic rings. The van der Waals surface area contributed by atoms with E-state index in [1.807, 2.05) is 0 Å². The fourth-order valence-corrected chi connectivity index (χ4v) is 5.90. The van der Waals surface area contributed by atoms with E-state index in [2.05, 4.69) is 36.0 Å². The van der Waals surface area contributed by atoms with Crippen LogP contribution in [0.25, 0.3) is 0 Å². The summed E-state index contributed by atoms with van der Waals surface area (Å²) >= 11 is 0. The number of morpholine rings is 1. The number of hydrogen-bond acceptors (Lipinski definition) is 8. The Morgan fingerprint density at radius 2 is 1.45 bits per heavy atom. The largest absolute Gasteiger partial charge is 0.464 e. The SMILES string of the molecule is CCCCCCCCCCCCCN1CC(C)OC(C)C1.CO/N=C(/C(=O)OC)c1ccccc1CO/N=C(\C)c1cccc(C(F)(F)F)c1.F. The minimum Gasteiger partial charge on any atom is -0.464 e. The lowest BCUT2D eigenvalue weighted by Gasteiger charge is -2.35. The third-order valence-electron chi connectivity index (χ3n) is 8.44. The first-order chi connectivity index (χ1) is 24.0. The van der Waals surface area contributed by atoms with Crippen molar-refractivity contribution < 1.29 is 41.8 Å². The summed E-state index contributed by atoms with van der Waals surface area (Å²) in [7, 11) is 2.51. The molecule has 288 valence electrons. The van der Waals surface area contributed by atoms with E-state index in [-0.39, 0.29) is 28.3 Å². The van der Waals surface area contributed by atoms with Crippen molar-refractivity contribution in [3.8, 4) is 0 Å². The number of methoxy groups -OCH3 is 1. The number of hydrogen-bond donors (Lipinski definition) is 0. The number of rotatable bonds is 19. The van der Waals surface area contributed by atoms with Gasteiger partial charge in [-0.3, -0.25) is 9.60 Å². The first kappa shape index (κ1) is 45.5. The minimum atomic E-state index is -4.44. The number of ether oxygens (including phenoxy) is 2. The number of halogens is 4. The Labute approximate surface area is 302 Å². The summed E-state index contributed by atoms with van der Waals surface area (Å²) in [5, 5.41) is 7.58. The summed E-state index contributed by atoms with van der Waals surface area (Å²) in [4.78, 5) is 24.5. The van der Waals surface area contributed by atoms with Crippen LogP contribution >= 0.6 is 0 Å². The van der Waals surface area contributed by atoms with Crippen LogP contribution in [-0.4, -0.2) is 68.4 Å². The summed E-state index contributed by atoms with van der Waals surface area (Å²) in [6, 6.07) is 11.5. The van der Waals surface area contributed by atoms with Crippen LogP contribution < -0.4 is 0 Å². The molecular formula is C39H59F4N3O5. The maximum Gasteiger partial charge on any atom is 0.416 e.